The Kier molecular flexibility index (Phi) is 9.52. The second-order valence-electron chi connectivity index (χ2n) is 7.54. The van der Waals surface area contributed by atoms with Gasteiger partial charge in [0.1, 0.15) is 4.24 Å². The lowest BCUT2D eigenvalue weighted by Gasteiger charge is -2.09. The van der Waals surface area contributed by atoms with E-state index in [1.807, 2.05) is 78.5 Å². The molecule has 4 aromatic rings. The molecule has 0 spiro atoms. The van der Waals surface area contributed by atoms with E-state index in [0.717, 1.165) is 9.80 Å². The molecule has 3 aromatic carbocycles. The SMILES string of the molecule is Cc1cc[n+](/C(C#N)=C(\SCC(=O)c2ccccc2)SCc2cccc3ccccc23)cc1.[Br-]. The summed E-state index contributed by atoms with van der Waals surface area (Å²) in [6.07, 6.45) is 3.79. The minimum atomic E-state index is 0. The third kappa shape index (κ3) is 6.38. The quantitative estimate of drug-likeness (QED) is 0.192. The monoisotopic (exact) mass is 546 g/mol. The molecule has 0 aliphatic carbocycles. The Morgan fingerprint density at radius 3 is 2.29 bits per heavy atom. The number of fused-ring (bicyclic) bond motifs is 1. The number of ketones is 1. The van der Waals surface area contributed by atoms with E-state index in [2.05, 4.69) is 36.4 Å². The smallest absolute Gasteiger partial charge is 0.308 e. The molecule has 1 heterocycles. The van der Waals surface area contributed by atoms with Crippen molar-refractivity contribution in [1.82, 2.24) is 0 Å². The van der Waals surface area contributed by atoms with E-state index in [1.54, 1.807) is 11.8 Å². The predicted octanol–water partition coefficient (Wildman–Crippen LogP) is 3.64. The van der Waals surface area contributed by atoms with Gasteiger partial charge in [0, 0.05) is 23.4 Å². The Balaban J connectivity index is 0.00000324. The van der Waals surface area contributed by atoms with Gasteiger partial charge in [-0.05, 0) is 28.8 Å². The number of nitriles is 1. The van der Waals surface area contributed by atoms with E-state index in [4.69, 9.17) is 0 Å². The molecular weight excluding hydrogens is 524 g/mol. The van der Waals surface area contributed by atoms with Crippen molar-refractivity contribution in [2.45, 2.75) is 12.7 Å². The fraction of sp³-hybridized carbons (Fsp3) is 0.107. The standard InChI is InChI=1S/C28H23N2OS2.BrH/c1-21-14-16-30(17-15-21)26(18-29)28(33-20-27(31)23-9-3-2-4-10-23)32-19-24-12-7-11-22-8-5-6-13-25(22)24;/h2-17H,19-20H2,1H3;1H/q+1;/p-1/b28-26-;. The molecule has 0 saturated carbocycles. The van der Waals surface area contributed by atoms with Crippen molar-refractivity contribution in [3.8, 4) is 6.07 Å². The van der Waals surface area contributed by atoms with Crippen LogP contribution < -0.4 is 21.5 Å². The maximum Gasteiger partial charge on any atom is 0.308 e. The zero-order valence-corrected chi connectivity index (χ0v) is 21.9. The number of benzene rings is 3. The van der Waals surface area contributed by atoms with Crippen molar-refractivity contribution in [2.75, 3.05) is 5.75 Å². The first kappa shape index (κ1) is 25.8. The van der Waals surface area contributed by atoms with Crippen molar-refractivity contribution < 1.29 is 26.3 Å². The number of allylic oxidation sites excluding steroid dienone is 1. The maximum atomic E-state index is 12.7. The Hall–Kier alpha value is -2.85. The summed E-state index contributed by atoms with van der Waals surface area (Å²) in [5.41, 5.74) is 3.55. The Morgan fingerprint density at radius 2 is 1.56 bits per heavy atom. The number of halogens is 1. The topological polar surface area (TPSA) is 44.7 Å². The van der Waals surface area contributed by atoms with Crippen molar-refractivity contribution in [3.05, 3.63) is 118 Å². The van der Waals surface area contributed by atoms with Gasteiger partial charge >= 0.3 is 5.70 Å². The molecule has 0 atom stereocenters. The minimum absolute atomic E-state index is 0. The van der Waals surface area contributed by atoms with Gasteiger partial charge in [-0.15, -0.1) is 23.5 Å². The third-order valence-electron chi connectivity index (χ3n) is 5.22. The van der Waals surface area contributed by atoms with Crippen LogP contribution in [-0.4, -0.2) is 11.5 Å². The number of Topliss-reactive ketones (excluding diaryl/α,β-unsaturated/α-hetero) is 1. The van der Waals surface area contributed by atoms with E-state index in [1.165, 1.54) is 28.1 Å². The number of hydrogen-bond donors (Lipinski definition) is 0. The van der Waals surface area contributed by atoms with Crippen LogP contribution in [0.3, 0.4) is 0 Å². The highest BCUT2D eigenvalue weighted by Crippen LogP contribution is 2.36. The molecule has 0 unspecified atom stereocenters. The third-order valence-corrected chi connectivity index (χ3v) is 7.70. The van der Waals surface area contributed by atoms with Gasteiger partial charge in [0.05, 0.1) is 5.75 Å². The molecule has 1 aromatic heterocycles. The molecule has 0 aliphatic heterocycles. The molecule has 4 rings (SSSR count). The summed E-state index contributed by atoms with van der Waals surface area (Å²) >= 11 is 3.04. The van der Waals surface area contributed by atoms with Gasteiger partial charge in [-0.3, -0.25) is 4.79 Å². The molecule has 0 saturated heterocycles. The Labute approximate surface area is 219 Å². The molecule has 6 heteroatoms. The summed E-state index contributed by atoms with van der Waals surface area (Å²) in [5, 5.41) is 12.4. The number of rotatable bonds is 8. The van der Waals surface area contributed by atoms with E-state index in [0.29, 0.717) is 17.0 Å². The maximum absolute atomic E-state index is 12.7. The number of aryl methyl sites for hydroxylation is 1. The first-order valence-electron chi connectivity index (χ1n) is 10.6. The molecule has 170 valence electrons. The van der Waals surface area contributed by atoms with Crippen molar-refractivity contribution in [3.63, 3.8) is 0 Å². The Bertz CT molecular complexity index is 1340. The number of pyridine rings is 1. The molecule has 0 aliphatic rings. The number of carbonyl (C=O) groups excluding carboxylic acids is 1. The lowest BCUT2D eigenvalue weighted by Crippen LogP contribution is -3.00. The highest BCUT2D eigenvalue weighted by atomic mass is 79.9. The summed E-state index contributed by atoms with van der Waals surface area (Å²) in [6.45, 7) is 2.02. The molecular formula is C28H23BrN2OS2. The van der Waals surface area contributed by atoms with Crippen LogP contribution in [0.4, 0.5) is 0 Å². The molecule has 3 nitrogen and oxygen atoms in total. The Morgan fingerprint density at radius 1 is 0.882 bits per heavy atom. The normalized spacial score (nSPS) is 11.3. The van der Waals surface area contributed by atoms with Gasteiger partial charge in [-0.1, -0.05) is 72.8 Å². The number of thioether (sulfide) groups is 2. The van der Waals surface area contributed by atoms with Crippen molar-refractivity contribution in [1.29, 1.82) is 5.26 Å². The molecule has 0 radical (unpaired) electrons. The zero-order valence-electron chi connectivity index (χ0n) is 18.6. The lowest BCUT2D eigenvalue weighted by atomic mass is 10.1. The van der Waals surface area contributed by atoms with Gasteiger partial charge in [-0.25, -0.2) is 0 Å². The van der Waals surface area contributed by atoms with Crippen LogP contribution in [0.15, 0.2) is 102 Å². The minimum Gasteiger partial charge on any atom is -1.00 e. The second-order valence-corrected chi connectivity index (χ2v) is 9.77. The number of hydrogen-bond acceptors (Lipinski definition) is 4. The van der Waals surface area contributed by atoms with Crippen LogP contribution in [0.1, 0.15) is 21.5 Å². The molecule has 0 fully saturated rings. The van der Waals surface area contributed by atoms with Crippen LogP contribution >= 0.6 is 23.5 Å². The van der Waals surface area contributed by atoms with Gasteiger partial charge < -0.3 is 17.0 Å². The van der Waals surface area contributed by atoms with E-state index in [9.17, 15) is 10.1 Å². The van der Waals surface area contributed by atoms with Crippen molar-refractivity contribution >= 4 is 45.8 Å². The summed E-state index contributed by atoms with van der Waals surface area (Å²) in [6, 6.07) is 30.2. The van der Waals surface area contributed by atoms with Crippen LogP contribution in [0.2, 0.25) is 0 Å². The fourth-order valence-electron chi connectivity index (χ4n) is 3.44. The number of carbonyl (C=O) groups is 1. The van der Waals surface area contributed by atoms with Crippen LogP contribution in [0.5, 0.6) is 0 Å². The summed E-state index contributed by atoms with van der Waals surface area (Å²) < 4.78 is 2.67. The van der Waals surface area contributed by atoms with E-state index < -0.39 is 0 Å². The number of aromatic nitrogens is 1. The number of nitrogens with zero attached hydrogens (tertiary/aromatic N) is 2. The van der Waals surface area contributed by atoms with Gasteiger partial charge in [0.2, 0.25) is 0 Å². The summed E-state index contributed by atoms with van der Waals surface area (Å²) in [7, 11) is 0. The summed E-state index contributed by atoms with van der Waals surface area (Å²) in [5.74, 6) is 1.04. The van der Waals surface area contributed by atoms with Crippen LogP contribution in [-0.2, 0) is 5.75 Å². The highest BCUT2D eigenvalue weighted by Gasteiger charge is 2.20. The van der Waals surface area contributed by atoms with Crippen molar-refractivity contribution in [2.24, 2.45) is 0 Å². The lowest BCUT2D eigenvalue weighted by molar-refractivity contribution is -0.577. The van der Waals surface area contributed by atoms with Gasteiger partial charge in [0.25, 0.3) is 0 Å². The summed E-state index contributed by atoms with van der Waals surface area (Å²) in [4.78, 5) is 12.7. The van der Waals surface area contributed by atoms with Crippen LogP contribution in [0, 0.1) is 18.3 Å². The predicted molar refractivity (Wildman–Crippen MR) is 139 cm³/mol. The van der Waals surface area contributed by atoms with Gasteiger partial charge in [0.15, 0.2) is 24.2 Å². The first-order chi connectivity index (χ1) is 16.2. The van der Waals surface area contributed by atoms with E-state index in [-0.39, 0.29) is 28.5 Å². The molecule has 0 amide bonds. The average Bonchev–Trinajstić information content (AvgIpc) is 2.87. The highest BCUT2D eigenvalue weighted by molar-refractivity contribution is 8.22. The fourth-order valence-corrected chi connectivity index (χ4v) is 5.67. The molecule has 0 bridgehead atoms. The molecule has 0 N–H and O–H groups in total. The largest absolute Gasteiger partial charge is 1.00 e. The average molecular weight is 548 g/mol. The zero-order chi connectivity index (χ0) is 23.0. The molecule has 34 heavy (non-hydrogen) atoms. The van der Waals surface area contributed by atoms with E-state index >= 15 is 0 Å². The first-order valence-corrected chi connectivity index (χ1v) is 12.6. The van der Waals surface area contributed by atoms with Gasteiger partial charge in [-0.2, -0.15) is 9.83 Å². The van der Waals surface area contributed by atoms with Crippen LogP contribution in [0.25, 0.3) is 16.5 Å². The second kappa shape index (κ2) is 12.6.